The van der Waals surface area contributed by atoms with Crippen molar-refractivity contribution in [2.24, 2.45) is 0 Å². The molecule has 0 bridgehead atoms. The second kappa shape index (κ2) is 3.82. The summed E-state index contributed by atoms with van der Waals surface area (Å²) >= 11 is 1.35. The molecular formula is C7H13N3OS. The number of rotatable bonds is 4. The lowest BCUT2D eigenvalue weighted by Crippen LogP contribution is -2.31. The van der Waals surface area contributed by atoms with E-state index in [2.05, 4.69) is 14.9 Å². The molecule has 1 rings (SSSR count). The molecule has 1 aromatic heterocycles. The molecule has 0 fully saturated rings. The van der Waals surface area contributed by atoms with Gasteiger partial charge in [-0.15, -0.1) is 5.10 Å². The third kappa shape index (κ3) is 2.75. The molecule has 0 saturated heterocycles. The number of nitrogens with zero attached hydrogens (tertiary/aromatic N) is 2. The molecule has 0 amide bonds. The molecule has 0 aliphatic carbocycles. The molecule has 0 radical (unpaired) electrons. The molecule has 0 aliphatic rings. The van der Waals surface area contributed by atoms with Crippen LogP contribution in [0.5, 0.6) is 0 Å². The van der Waals surface area contributed by atoms with Crippen molar-refractivity contribution >= 4 is 16.5 Å². The van der Waals surface area contributed by atoms with Gasteiger partial charge in [-0.05, 0) is 13.8 Å². The summed E-state index contributed by atoms with van der Waals surface area (Å²) in [6.07, 6.45) is 1.70. The van der Waals surface area contributed by atoms with Crippen LogP contribution in [-0.2, 0) is 4.74 Å². The Kier molecular flexibility index (Phi) is 2.99. The zero-order chi connectivity index (χ0) is 9.03. The minimum Gasteiger partial charge on any atom is -0.377 e. The first-order valence-corrected chi connectivity index (χ1v) is 4.48. The van der Waals surface area contributed by atoms with Gasteiger partial charge in [0.2, 0.25) is 0 Å². The molecule has 1 N–H and O–H groups in total. The van der Waals surface area contributed by atoms with Crippen LogP contribution in [-0.4, -0.2) is 28.8 Å². The van der Waals surface area contributed by atoms with Gasteiger partial charge < -0.3 is 10.1 Å². The minimum atomic E-state index is -0.149. The second-order valence-electron chi connectivity index (χ2n) is 3.10. The van der Waals surface area contributed by atoms with Gasteiger partial charge in [0.15, 0.2) is 0 Å². The molecule has 0 aliphatic heterocycles. The van der Waals surface area contributed by atoms with Crippen LogP contribution < -0.4 is 5.32 Å². The molecule has 68 valence electrons. The van der Waals surface area contributed by atoms with E-state index in [9.17, 15) is 0 Å². The highest BCUT2D eigenvalue weighted by atomic mass is 32.1. The van der Waals surface area contributed by atoms with Crippen molar-refractivity contribution in [2.45, 2.75) is 19.4 Å². The largest absolute Gasteiger partial charge is 0.377 e. The van der Waals surface area contributed by atoms with E-state index in [1.807, 2.05) is 13.8 Å². The molecule has 0 aromatic carbocycles. The van der Waals surface area contributed by atoms with Crippen molar-refractivity contribution in [1.29, 1.82) is 0 Å². The van der Waals surface area contributed by atoms with Crippen LogP contribution in [0.3, 0.4) is 0 Å². The number of ether oxygens (including phenoxy) is 1. The normalized spacial score (nSPS) is 11.6. The average Bonchev–Trinajstić information content (AvgIpc) is 2.53. The van der Waals surface area contributed by atoms with Crippen LogP contribution in [0.15, 0.2) is 6.20 Å². The SMILES string of the molecule is COC(C)(C)CNc1cnns1. The topological polar surface area (TPSA) is 47.0 Å². The van der Waals surface area contributed by atoms with E-state index in [0.29, 0.717) is 0 Å². The van der Waals surface area contributed by atoms with Crippen LogP contribution in [0, 0.1) is 0 Å². The average molecular weight is 187 g/mol. The number of methoxy groups -OCH3 is 1. The molecule has 0 saturated carbocycles. The fourth-order valence-electron chi connectivity index (χ4n) is 0.617. The first-order chi connectivity index (χ1) is 5.64. The van der Waals surface area contributed by atoms with Crippen molar-refractivity contribution in [2.75, 3.05) is 19.0 Å². The Bertz CT molecular complexity index is 223. The van der Waals surface area contributed by atoms with E-state index >= 15 is 0 Å². The van der Waals surface area contributed by atoms with Crippen molar-refractivity contribution in [3.63, 3.8) is 0 Å². The molecule has 12 heavy (non-hydrogen) atoms. The van der Waals surface area contributed by atoms with Crippen LogP contribution in [0.25, 0.3) is 0 Å². The van der Waals surface area contributed by atoms with Crippen LogP contribution in [0.4, 0.5) is 5.00 Å². The lowest BCUT2D eigenvalue weighted by Gasteiger charge is -2.22. The molecule has 0 spiro atoms. The Hall–Kier alpha value is -0.680. The van der Waals surface area contributed by atoms with Crippen molar-refractivity contribution in [1.82, 2.24) is 9.59 Å². The Balaban J connectivity index is 2.36. The van der Waals surface area contributed by atoms with Crippen LogP contribution in [0.2, 0.25) is 0 Å². The van der Waals surface area contributed by atoms with Gasteiger partial charge in [0.1, 0.15) is 5.00 Å². The summed E-state index contributed by atoms with van der Waals surface area (Å²) in [6, 6.07) is 0. The van der Waals surface area contributed by atoms with Gasteiger partial charge in [-0.3, -0.25) is 0 Å². The minimum absolute atomic E-state index is 0.149. The van der Waals surface area contributed by atoms with Gasteiger partial charge in [0, 0.05) is 25.2 Å². The molecule has 1 aromatic rings. The summed E-state index contributed by atoms with van der Waals surface area (Å²) in [6.45, 7) is 4.80. The van der Waals surface area contributed by atoms with Crippen molar-refractivity contribution < 1.29 is 4.74 Å². The van der Waals surface area contributed by atoms with Gasteiger partial charge in [0.25, 0.3) is 0 Å². The number of hydrogen-bond acceptors (Lipinski definition) is 5. The van der Waals surface area contributed by atoms with E-state index in [0.717, 1.165) is 11.5 Å². The van der Waals surface area contributed by atoms with E-state index in [4.69, 9.17) is 4.74 Å². The summed E-state index contributed by atoms with van der Waals surface area (Å²) < 4.78 is 8.97. The monoisotopic (exact) mass is 187 g/mol. The third-order valence-corrected chi connectivity index (χ3v) is 2.22. The van der Waals surface area contributed by atoms with Crippen molar-refractivity contribution in [3.05, 3.63) is 6.20 Å². The number of hydrogen-bond donors (Lipinski definition) is 1. The fourth-order valence-corrected chi connectivity index (χ4v) is 1.03. The number of nitrogens with one attached hydrogen (secondary N) is 1. The number of anilines is 1. The second-order valence-corrected chi connectivity index (χ2v) is 3.88. The summed E-state index contributed by atoms with van der Waals surface area (Å²) in [7, 11) is 1.70. The quantitative estimate of drug-likeness (QED) is 0.773. The van der Waals surface area contributed by atoms with Gasteiger partial charge in [-0.25, -0.2) is 0 Å². The maximum atomic E-state index is 5.24. The summed E-state index contributed by atoms with van der Waals surface area (Å²) in [5, 5.41) is 7.87. The zero-order valence-electron chi connectivity index (χ0n) is 7.50. The van der Waals surface area contributed by atoms with Crippen LogP contribution in [0.1, 0.15) is 13.8 Å². The van der Waals surface area contributed by atoms with Crippen molar-refractivity contribution in [3.8, 4) is 0 Å². The third-order valence-electron chi connectivity index (χ3n) is 1.60. The first-order valence-electron chi connectivity index (χ1n) is 3.70. The predicted molar refractivity (Wildman–Crippen MR) is 49.5 cm³/mol. The number of aromatic nitrogens is 2. The first kappa shape index (κ1) is 9.41. The Labute approximate surface area is 76.1 Å². The van der Waals surface area contributed by atoms with E-state index in [-0.39, 0.29) is 5.60 Å². The maximum absolute atomic E-state index is 5.24. The van der Waals surface area contributed by atoms with E-state index in [1.165, 1.54) is 11.5 Å². The fraction of sp³-hybridized carbons (Fsp3) is 0.714. The summed E-state index contributed by atoms with van der Waals surface area (Å²) in [4.78, 5) is 0. The summed E-state index contributed by atoms with van der Waals surface area (Å²) in [5.74, 6) is 0. The highest BCUT2D eigenvalue weighted by Gasteiger charge is 2.15. The highest BCUT2D eigenvalue weighted by molar-refractivity contribution is 7.09. The highest BCUT2D eigenvalue weighted by Crippen LogP contribution is 2.13. The smallest absolute Gasteiger partial charge is 0.130 e. The molecule has 5 heteroatoms. The zero-order valence-corrected chi connectivity index (χ0v) is 8.31. The van der Waals surface area contributed by atoms with E-state index in [1.54, 1.807) is 13.3 Å². The molecular weight excluding hydrogens is 174 g/mol. The van der Waals surface area contributed by atoms with Crippen LogP contribution >= 0.6 is 11.5 Å². The Morgan fingerprint density at radius 1 is 1.67 bits per heavy atom. The van der Waals surface area contributed by atoms with Gasteiger partial charge in [-0.1, -0.05) is 4.49 Å². The lowest BCUT2D eigenvalue weighted by atomic mass is 10.1. The maximum Gasteiger partial charge on any atom is 0.130 e. The van der Waals surface area contributed by atoms with Gasteiger partial charge >= 0.3 is 0 Å². The Morgan fingerprint density at radius 3 is 2.92 bits per heavy atom. The predicted octanol–water partition coefficient (Wildman–Crippen LogP) is 1.37. The standard InChI is InChI=1S/C7H13N3OS/c1-7(2,11-3)5-8-6-4-9-10-12-6/h4,8H,5H2,1-3H3. The lowest BCUT2D eigenvalue weighted by molar-refractivity contribution is 0.0344. The van der Waals surface area contributed by atoms with Gasteiger partial charge in [0.05, 0.1) is 11.8 Å². The summed E-state index contributed by atoms with van der Waals surface area (Å²) in [5.41, 5.74) is -0.149. The van der Waals surface area contributed by atoms with E-state index < -0.39 is 0 Å². The Morgan fingerprint density at radius 2 is 2.42 bits per heavy atom. The molecule has 1 heterocycles. The molecule has 0 unspecified atom stereocenters. The molecule has 0 atom stereocenters. The molecule has 4 nitrogen and oxygen atoms in total. The van der Waals surface area contributed by atoms with Gasteiger partial charge in [-0.2, -0.15) is 0 Å².